The number of hydrogen-bond acceptors (Lipinski definition) is 2. The summed E-state index contributed by atoms with van der Waals surface area (Å²) >= 11 is 5.33. The van der Waals surface area contributed by atoms with Crippen LogP contribution in [0.5, 0.6) is 0 Å². The Morgan fingerprint density at radius 2 is 1.68 bits per heavy atom. The fraction of sp³-hybridized carbons (Fsp3) is 0.158. The molecular weight excluding hydrogens is 290 g/mol. The normalized spacial score (nSPS) is 11.2. The molecule has 3 heteroatoms. The van der Waals surface area contributed by atoms with Crippen molar-refractivity contribution in [1.29, 1.82) is 0 Å². The number of benzene rings is 2. The number of nitrogens with one attached hydrogen (secondary N) is 1. The summed E-state index contributed by atoms with van der Waals surface area (Å²) in [7, 11) is 0. The van der Waals surface area contributed by atoms with Gasteiger partial charge in [-0.3, -0.25) is 4.79 Å². The van der Waals surface area contributed by atoms with E-state index < -0.39 is 5.92 Å². The van der Waals surface area contributed by atoms with E-state index in [1.807, 2.05) is 60.7 Å². The van der Waals surface area contributed by atoms with Crippen LogP contribution in [0.25, 0.3) is 0 Å². The van der Waals surface area contributed by atoms with Crippen LogP contribution >= 0.6 is 12.2 Å². The van der Waals surface area contributed by atoms with Crippen LogP contribution in [0.1, 0.15) is 17.0 Å². The average molecular weight is 307 g/mol. The van der Waals surface area contributed by atoms with Gasteiger partial charge in [0.15, 0.2) is 0 Å². The molecule has 0 aliphatic heterocycles. The van der Waals surface area contributed by atoms with Crippen LogP contribution in [-0.4, -0.2) is 17.3 Å². The summed E-state index contributed by atoms with van der Waals surface area (Å²) in [5.41, 5.74) is 1.95. The van der Waals surface area contributed by atoms with Gasteiger partial charge in [-0.2, -0.15) is 0 Å². The maximum Gasteiger partial charge on any atom is 0.239 e. The zero-order valence-corrected chi connectivity index (χ0v) is 13.0. The van der Waals surface area contributed by atoms with Crippen molar-refractivity contribution in [2.75, 3.05) is 6.54 Å². The fourth-order valence-electron chi connectivity index (χ4n) is 2.14. The van der Waals surface area contributed by atoms with E-state index >= 15 is 0 Å². The lowest BCUT2D eigenvalue weighted by molar-refractivity contribution is -0.121. The lowest BCUT2D eigenvalue weighted by atomic mass is 9.99. The highest BCUT2D eigenvalue weighted by Gasteiger charge is 2.17. The first-order chi connectivity index (χ1) is 10.7. The van der Waals surface area contributed by atoms with Crippen LogP contribution in [0, 0.1) is 12.3 Å². The molecule has 1 N–H and O–H groups in total. The summed E-state index contributed by atoms with van der Waals surface area (Å²) < 4.78 is 0. The van der Waals surface area contributed by atoms with Crippen molar-refractivity contribution in [2.45, 2.75) is 12.3 Å². The Morgan fingerprint density at radius 3 is 2.27 bits per heavy atom. The van der Waals surface area contributed by atoms with Crippen LogP contribution in [-0.2, 0) is 11.2 Å². The minimum atomic E-state index is -0.583. The molecule has 2 aromatic rings. The van der Waals surface area contributed by atoms with Crippen LogP contribution < -0.4 is 5.32 Å². The zero-order valence-electron chi connectivity index (χ0n) is 12.2. The Kier molecular flexibility index (Phi) is 5.88. The summed E-state index contributed by atoms with van der Waals surface area (Å²) in [6.45, 7) is 0.355. The van der Waals surface area contributed by atoms with Crippen molar-refractivity contribution in [3.05, 3.63) is 71.8 Å². The summed E-state index contributed by atoms with van der Waals surface area (Å²) in [5, 5.41) is 2.83. The van der Waals surface area contributed by atoms with Crippen molar-refractivity contribution >= 4 is 23.0 Å². The lowest BCUT2D eigenvalue weighted by Crippen LogP contribution is -2.33. The molecule has 22 heavy (non-hydrogen) atoms. The predicted molar refractivity (Wildman–Crippen MR) is 93.8 cm³/mol. The van der Waals surface area contributed by atoms with Gasteiger partial charge in [-0.05, 0) is 11.1 Å². The van der Waals surface area contributed by atoms with Gasteiger partial charge in [0.05, 0.1) is 0 Å². The van der Waals surface area contributed by atoms with Crippen LogP contribution in [0.3, 0.4) is 0 Å². The number of carbonyl (C=O) groups excluding carboxylic acids is 1. The molecule has 0 saturated carbocycles. The molecule has 0 aliphatic rings. The Labute approximate surface area is 136 Å². The highest BCUT2D eigenvalue weighted by atomic mass is 32.1. The number of carbonyl (C=O) groups is 1. The molecule has 0 bridgehead atoms. The van der Waals surface area contributed by atoms with E-state index in [0.29, 0.717) is 13.0 Å². The SMILES string of the molecule is C#CC(C(=O)NCC(=S)Cc1ccccc1)c1ccccc1. The highest BCUT2D eigenvalue weighted by Crippen LogP contribution is 2.14. The van der Waals surface area contributed by atoms with Crippen LogP contribution in [0.15, 0.2) is 60.7 Å². The van der Waals surface area contributed by atoms with Crippen LogP contribution in [0.4, 0.5) is 0 Å². The summed E-state index contributed by atoms with van der Waals surface area (Å²) in [5.74, 6) is 1.76. The first-order valence-corrected chi connectivity index (χ1v) is 7.46. The van der Waals surface area contributed by atoms with Gasteiger partial charge < -0.3 is 5.32 Å². The molecule has 0 aliphatic carbocycles. The second kappa shape index (κ2) is 8.11. The van der Waals surface area contributed by atoms with Gasteiger partial charge in [-0.15, -0.1) is 6.42 Å². The Morgan fingerprint density at radius 1 is 1.09 bits per heavy atom. The highest BCUT2D eigenvalue weighted by molar-refractivity contribution is 7.80. The summed E-state index contributed by atoms with van der Waals surface area (Å²) in [6.07, 6.45) is 6.16. The molecule has 110 valence electrons. The second-order valence-electron chi connectivity index (χ2n) is 4.93. The molecule has 0 heterocycles. The van der Waals surface area contributed by atoms with Gasteiger partial charge in [-0.1, -0.05) is 78.8 Å². The van der Waals surface area contributed by atoms with Crippen molar-refractivity contribution in [2.24, 2.45) is 0 Å². The molecule has 2 rings (SSSR count). The molecule has 0 radical (unpaired) electrons. The van der Waals surface area contributed by atoms with Crippen molar-refractivity contribution in [1.82, 2.24) is 5.32 Å². The minimum Gasteiger partial charge on any atom is -0.350 e. The van der Waals surface area contributed by atoms with Crippen LogP contribution in [0.2, 0.25) is 0 Å². The molecule has 2 nitrogen and oxygen atoms in total. The number of hydrogen-bond donors (Lipinski definition) is 1. The monoisotopic (exact) mass is 307 g/mol. The van der Waals surface area contributed by atoms with E-state index in [1.165, 1.54) is 0 Å². The molecule has 1 unspecified atom stereocenters. The molecule has 1 amide bonds. The number of thiocarbonyl (C=S) groups is 1. The van der Waals surface area contributed by atoms with Gasteiger partial charge in [0.25, 0.3) is 0 Å². The summed E-state index contributed by atoms with van der Waals surface area (Å²) in [4.78, 5) is 13.0. The molecule has 0 spiro atoms. The third-order valence-corrected chi connectivity index (χ3v) is 3.55. The second-order valence-corrected chi connectivity index (χ2v) is 5.51. The van der Waals surface area contributed by atoms with Crippen molar-refractivity contribution in [3.63, 3.8) is 0 Å². The van der Waals surface area contributed by atoms with Gasteiger partial charge in [0.1, 0.15) is 5.92 Å². The maximum absolute atomic E-state index is 12.2. The molecular formula is C19H17NOS. The Hall–Kier alpha value is -2.44. The largest absolute Gasteiger partial charge is 0.350 e. The average Bonchev–Trinajstić information content (AvgIpc) is 2.55. The van der Waals surface area contributed by atoms with Crippen molar-refractivity contribution < 1.29 is 4.79 Å². The maximum atomic E-state index is 12.2. The van der Waals surface area contributed by atoms with Gasteiger partial charge >= 0.3 is 0 Å². The molecule has 0 saturated heterocycles. The summed E-state index contributed by atoms with van der Waals surface area (Å²) in [6, 6.07) is 19.3. The van der Waals surface area contributed by atoms with Crippen molar-refractivity contribution in [3.8, 4) is 12.3 Å². The first-order valence-electron chi connectivity index (χ1n) is 7.05. The van der Waals surface area contributed by atoms with Gasteiger partial charge in [0, 0.05) is 17.8 Å². The number of amides is 1. The smallest absolute Gasteiger partial charge is 0.239 e. The molecule has 0 aromatic heterocycles. The first kappa shape index (κ1) is 15.9. The van der Waals surface area contributed by atoms with E-state index in [-0.39, 0.29) is 5.91 Å². The molecule has 1 atom stereocenters. The van der Waals surface area contributed by atoms with E-state index in [9.17, 15) is 4.79 Å². The van der Waals surface area contributed by atoms with Gasteiger partial charge in [0.2, 0.25) is 5.91 Å². The van der Waals surface area contributed by atoms with E-state index in [0.717, 1.165) is 16.0 Å². The standard InChI is InChI=1S/C19H17NOS/c1-2-18(16-11-7-4-8-12-16)19(21)20-14-17(22)13-15-9-5-3-6-10-15/h1,3-12,18H,13-14H2,(H,20,21). The fourth-order valence-corrected chi connectivity index (χ4v) is 2.38. The topological polar surface area (TPSA) is 29.1 Å². The van der Waals surface area contributed by atoms with E-state index in [4.69, 9.17) is 18.6 Å². The van der Waals surface area contributed by atoms with Gasteiger partial charge in [-0.25, -0.2) is 0 Å². The lowest BCUT2D eigenvalue weighted by Gasteiger charge is -2.12. The zero-order chi connectivity index (χ0) is 15.8. The Balaban J connectivity index is 1.89. The van der Waals surface area contributed by atoms with E-state index in [1.54, 1.807) is 0 Å². The minimum absolute atomic E-state index is 0.191. The molecule has 2 aromatic carbocycles. The van der Waals surface area contributed by atoms with E-state index in [2.05, 4.69) is 11.2 Å². The number of rotatable bonds is 6. The predicted octanol–water partition coefficient (Wildman–Crippen LogP) is 3.13. The third kappa shape index (κ3) is 4.54. The number of terminal acetylenes is 1. The molecule has 0 fully saturated rings. The quantitative estimate of drug-likeness (QED) is 0.656. The third-order valence-electron chi connectivity index (χ3n) is 3.27. The Bertz CT molecular complexity index is 674.